The molecule has 4 rings (SSSR count). The fourth-order valence-electron chi connectivity index (χ4n) is 5.26. The lowest BCUT2D eigenvalue weighted by Crippen LogP contribution is -2.47. The van der Waals surface area contributed by atoms with Crippen LogP contribution in [0.15, 0.2) is 53.6 Å². The lowest BCUT2D eigenvalue weighted by atomic mass is 9.64. The van der Waals surface area contributed by atoms with Crippen molar-refractivity contribution < 1.29 is 27.7 Å². The first-order valence-electron chi connectivity index (χ1n) is 10.9. The average Bonchev–Trinajstić information content (AvgIpc) is 3.07. The summed E-state index contributed by atoms with van der Waals surface area (Å²) in [6.45, 7) is 5.42. The topological polar surface area (TPSA) is 114 Å². The summed E-state index contributed by atoms with van der Waals surface area (Å²) in [5.41, 5.74) is -0.889. The molecule has 2 saturated carbocycles. The zero-order valence-electron chi connectivity index (χ0n) is 19.2. The summed E-state index contributed by atoms with van der Waals surface area (Å²) >= 11 is 0. The Balaban J connectivity index is 1.64. The second-order valence-corrected chi connectivity index (χ2v) is 9.60. The standard InChI is InChI=1S/C24H23F3N4O4/c1-21(2)22(3)11-12-23(21,20(33)28-16-6-4-5-14(13-16)24(25,26)27)19(32)18(22)30-29-15-7-9-17(10-8-15)31(34)35/h4-10,13,29H,11-12H2,1-3H3,(H,28,33)/b30-18+. The highest BCUT2D eigenvalue weighted by atomic mass is 19.4. The monoisotopic (exact) mass is 488 g/mol. The summed E-state index contributed by atoms with van der Waals surface area (Å²) in [5.74, 6) is -1.16. The lowest BCUT2D eigenvalue weighted by Gasteiger charge is -2.37. The van der Waals surface area contributed by atoms with Crippen molar-refractivity contribution in [3.8, 4) is 0 Å². The van der Waals surface area contributed by atoms with Crippen LogP contribution in [0.5, 0.6) is 0 Å². The molecule has 11 heteroatoms. The Labute approximate surface area is 198 Å². The molecule has 35 heavy (non-hydrogen) atoms. The number of amides is 1. The van der Waals surface area contributed by atoms with Crippen molar-refractivity contribution in [2.24, 2.45) is 21.3 Å². The second-order valence-electron chi connectivity index (χ2n) is 9.60. The van der Waals surface area contributed by atoms with E-state index in [9.17, 15) is 32.9 Å². The van der Waals surface area contributed by atoms with E-state index in [0.717, 1.165) is 12.1 Å². The van der Waals surface area contributed by atoms with Crippen LogP contribution in [0.2, 0.25) is 0 Å². The summed E-state index contributed by atoms with van der Waals surface area (Å²) in [6, 6.07) is 9.75. The molecule has 0 radical (unpaired) electrons. The maximum atomic E-state index is 13.6. The Kier molecular flexibility index (Phi) is 5.49. The Morgan fingerprint density at radius 3 is 2.31 bits per heavy atom. The van der Waals surface area contributed by atoms with Gasteiger partial charge in [0, 0.05) is 23.2 Å². The van der Waals surface area contributed by atoms with Gasteiger partial charge in [-0.3, -0.25) is 25.1 Å². The average molecular weight is 488 g/mol. The molecule has 2 aliphatic carbocycles. The molecule has 0 heterocycles. The van der Waals surface area contributed by atoms with Gasteiger partial charge in [0.15, 0.2) is 5.78 Å². The minimum absolute atomic E-state index is 0.0502. The summed E-state index contributed by atoms with van der Waals surface area (Å²) in [7, 11) is 0. The number of nitro groups is 1. The van der Waals surface area contributed by atoms with Gasteiger partial charge in [0.2, 0.25) is 5.91 Å². The Bertz CT molecular complexity index is 1260. The molecule has 0 spiro atoms. The molecule has 2 fully saturated rings. The van der Waals surface area contributed by atoms with Crippen LogP contribution in [0.4, 0.5) is 30.2 Å². The van der Waals surface area contributed by atoms with Crippen molar-refractivity contribution >= 4 is 34.5 Å². The summed E-state index contributed by atoms with van der Waals surface area (Å²) < 4.78 is 39.3. The highest BCUT2D eigenvalue weighted by Crippen LogP contribution is 2.69. The highest BCUT2D eigenvalue weighted by Gasteiger charge is 2.76. The van der Waals surface area contributed by atoms with Crippen molar-refractivity contribution in [2.45, 2.75) is 39.8 Å². The van der Waals surface area contributed by atoms with Gasteiger partial charge in [-0.25, -0.2) is 0 Å². The maximum Gasteiger partial charge on any atom is 0.416 e. The van der Waals surface area contributed by atoms with Crippen LogP contribution in [0.1, 0.15) is 39.2 Å². The number of rotatable bonds is 5. The number of nitrogens with zero attached hydrogens (tertiary/aromatic N) is 2. The van der Waals surface area contributed by atoms with E-state index >= 15 is 0 Å². The molecular formula is C24H23F3N4O4. The third-order valence-electron chi connectivity index (χ3n) is 7.78. The minimum Gasteiger partial charge on any atom is -0.325 e. The van der Waals surface area contributed by atoms with Gasteiger partial charge in [-0.15, -0.1) is 0 Å². The van der Waals surface area contributed by atoms with Gasteiger partial charge in [-0.2, -0.15) is 18.3 Å². The van der Waals surface area contributed by atoms with E-state index in [1.54, 1.807) is 13.8 Å². The van der Waals surface area contributed by atoms with Crippen molar-refractivity contribution in [1.82, 2.24) is 0 Å². The molecular weight excluding hydrogens is 465 g/mol. The van der Waals surface area contributed by atoms with Gasteiger partial charge in [0.1, 0.15) is 11.1 Å². The predicted octanol–water partition coefficient (Wildman–Crippen LogP) is 5.42. The second kappa shape index (κ2) is 7.89. The zero-order chi connectivity index (χ0) is 25.8. The number of fused-ring (bicyclic) bond motifs is 2. The Morgan fingerprint density at radius 2 is 1.71 bits per heavy atom. The molecule has 0 aromatic heterocycles. The van der Waals surface area contributed by atoms with Crippen molar-refractivity contribution in [1.29, 1.82) is 0 Å². The SMILES string of the molecule is CC12CCC(C(=O)Nc3cccc(C(F)(F)F)c3)(C(=O)/C1=N\Nc1ccc([N+](=O)[O-])cc1)C2(C)C. The molecule has 1 amide bonds. The number of hydrogen-bond donors (Lipinski definition) is 2. The van der Waals surface area contributed by atoms with Crippen LogP contribution in [0, 0.1) is 26.4 Å². The number of Topliss-reactive ketones (excluding diaryl/α,β-unsaturated/α-hetero) is 1. The summed E-state index contributed by atoms with van der Waals surface area (Å²) in [5, 5.41) is 17.7. The number of carbonyl (C=O) groups is 2. The number of benzene rings is 2. The third kappa shape index (κ3) is 3.57. The minimum atomic E-state index is -4.57. The predicted molar refractivity (Wildman–Crippen MR) is 123 cm³/mol. The van der Waals surface area contributed by atoms with Gasteiger partial charge >= 0.3 is 6.18 Å². The summed E-state index contributed by atoms with van der Waals surface area (Å²) in [4.78, 5) is 37.4. The Hall–Kier alpha value is -3.76. The van der Waals surface area contributed by atoms with Gasteiger partial charge in [0.25, 0.3) is 5.69 Å². The quantitative estimate of drug-likeness (QED) is 0.332. The van der Waals surface area contributed by atoms with E-state index in [1.165, 1.54) is 36.4 Å². The molecule has 2 atom stereocenters. The van der Waals surface area contributed by atoms with E-state index in [4.69, 9.17) is 0 Å². The van der Waals surface area contributed by atoms with E-state index < -0.39 is 44.6 Å². The number of anilines is 2. The molecule has 2 unspecified atom stereocenters. The number of ketones is 1. The van der Waals surface area contributed by atoms with Crippen LogP contribution in [-0.4, -0.2) is 22.3 Å². The zero-order valence-corrected chi connectivity index (χ0v) is 19.2. The van der Waals surface area contributed by atoms with E-state index in [1.807, 2.05) is 6.92 Å². The van der Waals surface area contributed by atoms with Gasteiger partial charge in [0.05, 0.1) is 16.2 Å². The molecule has 8 nitrogen and oxygen atoms in total. The number of hydrogen-bond acceptors (Lipinski definition) is 6. The van der Waals surface area contributed by atoms with Gasteiger partial charge in [-0.1, -0.05) is 26.8 Å². The van der Waals surface area contributed by atoms with Crippen LogP contribution >= 0.6 is 0 Å². The first kappa shape index (κ1) is 24.4. The van der Waals surface area contributed by atoms with Crippen molar-refractivity contribution in [3.63, 3.8) is 0 Å². The molecule has 0 saturated heterocycles. The molecule has 0 aliphatic heterocycles. The smallest absolute Gasteiger partial charge is 0.325 e. The fraction of sp³-hybridized carbons (Fsp3) is 0.375. The first-order valence-corrected chi connectivity index (χ1v) is 10.9. The number of non-ortho nitro benzene ring substituents is 1. The van der Waals surface area contributed by atoms with Crippen molar-refractivity contribution in [3.05, 3.63) is 64.2 Å². The molecule has 184 valence electrons. The molecule has 2 aromatic carbocycles. The van der Waals surface area contributed by atoms with Crippen LogP contribution in [0.25, 0.3) is 0 Å². The lowest BCUT2D eigenvalue weighted by molar-refractivity contribution is -0.384. The number of nitrogens with one attached hydrogen (secondary N) is 2. The van der Waals surface area contributed by atoms with E-state index in [-0.39, 0.29) is 23.5 Å². The number of halogens is 3. The number of carbonyl (C=O) groups excluding carboxylic acids is 2. The molecule has 2 bridgehead atoms. The molecule has 2 N–H and O–H groups in total. The largest absolute Gasteiger partial charge is 0.416 e. The van der Waals surface area contributed by atoms with Gasteiger partial charge in [-0.05, 0) is 48.6 Å². The van der Waals surface area contributed by atoms with Crippen LogP contribution in [-0.2, 0) is 15.8 Å². The van der Waals surface area contributed by atoms with Gasteiger partial charge < -0.3 is 5.32 Å². The molecule has 2 aliphatic rings. The third-order valence-corrected chi connectivity index (χ3v) is 7.78. The maximum absolute atomic E-state index is 13.6. The highest BCUT2D eigenvalue weighted by molar-refractivity contribution is 6.51. The summed E-state index contributed by atoms with van der Waals surface area (Å²) in [6.07, 6.45) is -3.87. The Morgan fingerprint density at radius 1 is 1.06 bits per heavy atom. The van der Waals surface area contributed by atoms with Crippen molar-refractivity contribution in [2.75, 3.05) is 10.7 Å². The normalized spacial score (nSPS) is 26.1. The van der Waals surface area contributed by atoms with E-state index in [0.29, 0.717) is 12.1 Å². The molecule has 2 aromatic rings. The fourth-order valence-corrected chi connectivity index (χ4v) is 5.26. The van der Waals surface area contributed by atoms with Crippen LogP contribution in [0.3, 0.4) is 0 Å². The number of alkyl halides is 3. The number of hydrazone groups is 1. The van der Waals surface area contributed by atoms with Crippen LogP contribution < -0.4 is 10.7 Å². The first-order chi connectivity index (χ1) is 16.2. The van der Waals surface area contributed by atoms with E-state index in [2.05, 4.69) is 15.8 Å². The number of nitro benzene ring substituents is 1.